The van der Waals surface area contributed by atoms with E-state index in [9.17, 15) is 4.79 Å². The molecule has 1 unspecified atom stereocenters. The van der Waals surface area contributed by atoms with Gasteiger partial charge in [-0.2, -0.15) is 0 Å². The summed E-state index contributed by atoms with van der Waals surface area (Å²) in [6, 6.07) is -0.475. The number of nitrogens with zero attached hydrogens (tertiary/aromatic N) is 1. The first-order valence-corrected chi connectivity index (χ1v) is 4.94. The molecule has 5 heteroatoms. The van der Waals surface area contributed by atoms with E-state index in [0.29, 0.717) is 12.3 Å². The average Bonchev–Trinajstić information content (AvgIpc) is 2.59. The fourth-order valence-corrected chi connectivity index (χ4v) is 1.09. The van der Waals surface area contributed by atoms with Gasteiger partial charge in [-0.15, -0.1) is 0 Å². The number of nitrogens with two attached hydrogens (primary N) is 1. The lowest BCUT2D eigenvalue weighted by molar-refractivity contribution is -0.123. The average molecular weight is 211 g/mol. The van der Waals surface area contributed by atoms with Crippen molar-refractivity contribution in [3.05, 3.63) is 17.8 Å². The molecule has 84 valence electrons. The van der Waals surface area contributed by atoms with E-state index in [1.807, 2.05) is 13.8 Å². The van der Waals surface area contributed by atoms with Crippen LogP contribution in [0.1, 0.15) is 25.3 Å². The lowest BCUT2D eigenvalue weighted by atomic mass is 10.1. The number of aryl methyl sites for hydroxylation is 1. The van der Waals surface area contributed by atoms with Gasteiger partial charge < -0.3 is 15.5 Å². The van der Waals surface area contributed by atoms with E-state index in [2.05, 4.69) is 10.3 Å². The molecule has 0 saturated carbocycles. The SMILES string of the molecule is Cc1ocnc1CNC(=O)C(N)C(C)C. The Hall–Kier alpha value is -1.36. The molecule has 0 aliphatic heterocycles. The van der Waals surface area contributed by atoms with Crippen molar-refractivity contribution in [3.63, 3.8) is 0 Å². The maximum Gasteiger partial charge on any atom is 0.237 e. The number of carbonyl (C=O) groups excluding carboxylic acids is 1. The van der Waals surface area contributed by atoms with Crippen molar-refractivity contribution >= 4 is 5.91 Å². The van der Waals surface area contributed by atoms with Crippen molar-refractivity contribution < 1.29 is 9.21 Å². The second kappa shape index (κ2) is 4.93. The Morgan fingerprint density at radius 2 is 2.33 bits per heavy atom. The number of aromatic nitrogens is 1. The Bertz CT molecular complexity index is 333. The molecule has 0 saturated heterocycles. The summed E-state index contributed by atoms with van der Waals surface area (Å²) in [7, 11) is 0. The number of oxazole rings is 1. The van der Waals surface area contributed by atoms with Crippen LogP contribution < -0.4 is 11.1 Å². The van der Waals surface area contributed by atoms with Crippen LogP contribution in [0.5, 0.6) is 0 Å². The third-order valence-corrected chi connectivity index (χ3v) is 2.30. The van der Waals surface area contributed by atoms with Crippen molar-refractivity contribution in [1.82, 2.24) is 10.3 Å². The molecule has 0 aliphatic carbocycles. The van der Waals surface area contributed by atoms with E-state index in [1.54, 1.807) is 6.92 Å². The highest BCUT2D eigenvalue weighted by Crippen LogP contribution is 2.04. The van der Waals surface area contributed by atoms with Crippen molar-refractivity contribution in [2.75, 3.05) is 0 Å². The molecule has 0 aromatic carbocycles. The maximum atomic E-state index is 11.5. The molecule has 1 rings (SSSR count). The zero-order valence-corrected chi connectivity index (χ0v) is 9.28. The molecule has 3 N–H and O–H groups in total. The molecule has 1 amide bonds. The zero-order chi connectivity index (χ0) is 11.4. The molecule has 15 heavy (non-hydrogen) atoms. The molecule has 0 radical (unpaired) electrons. The lowest BCUT2D eigenvalue weighted by Gasteiger charge is -2.14. The highest BCUT2D eigenvalue weighted by molar-refractivity contribution is 5.81. The van der Waals surface area contributed by atoms with Gasteiger partial charge in [-0.25, -0.2) is 4.98 Å². The number of hydrogen-bond donors (Lipinski definition) is 2. The second-order valence-electron chi connectivity index (χ2n) is 3.84. The zero-order valence-electron chi connectivity index (χ0n) is 9.28. The summed E-state index contributed by atoms with van der Waals surface area (Å²) >= 11 is 0. The maximum absolute atomic E-state index is 11.5. The van der Waals surface area contributed by atoms with E-state index in [0.717, 1.165) is 5.69 Å². The fraction of sp³-hybridized carbons (Fsp3) is 0.600. The lowest BCUT2D eigenvalue weighted by Crippen LogP contribution is -2.43. The summed E-state index contributed by atoms with van der Waals surface area (Å²) in [5.74, 6) is 0.684. The number of rotatable bonds is 4. The summed E-state index contributed by atoms with van der Waals surface area (Å²) < 4.78 is 5.01. The van der Waals surface area contributed by atoms with E-state index < -0.39 is 6.04 Å². The summed E-state index contributed by atoms with van der Waals surface area (Å²) in [5, 5.41) is 2.72. The Labute approximate surface area is 89.1 Å². The normalized spacial score (nSPS) is 12.9. The highest BCUT2D eigenvalue weighted by atomic mass is 16.3. The van der Waals surface area contributed by atoms with E-state index in [4.69, 9.17) is 10.2 Å². The monoisotopic (exact) mass is 211 g/mol. The van der Waals surface area contributed by atoms with E-state index in [-0.39, 0.29) is 11.8 Å². The second-order valence-corrected chi connectivity index (χ2v) is 3.84. The standard InChI is InChI=1S/C10H17N3O2/c1-6(2)9(11)10(14)12-4-8-7(3)15-5-13-8/h5-6,9H,4,11H2,1-3H3,(H,12,14). The Morgan fingerprint density at radius 3 is 2.80 bits per heavy atom. The van der Waals surface area contributed by atoms with Crippen LogP contribution in [-0.4, -0.2) is 16.9 Å². The first-order valence-electron chi connectivity index (χ1n) is 4.94. The molecule has 0 bridgehead atoms. The number of hydrogen-bond acceptors (Lipinski definition) is 4. The molecule has 1 atom stereocenters. The first kappa shape index (κ1) is 11.7. The van der Waals surface area contributed by atoms with Gasteiger partial charge >= 0.3 is 0 Å². The molecule has 0 fully saturated rings. The van der Waals surface area contributed by atoms with Gasteiger partial charge in [0.15, 0.2) is 6.39 Å². The van der Waals surface area contributed by atoms with Crippen molar-refractivity contribution in [3.8, 4) is 0 Å². The largest absolute Gasteiger partial charge is 0.448 e. The fourth-order valence-electron chi connectivity index (χ4n) is 1.09. The Morgan fingerprint density at radius 1 is 1.67 bits per heavy atom. The van der Waals surface area contributed by atoms with Gasteiger partial charge in [0.25, 0.3) is 0 Å². The van der Waals surface area contributed by atoms with Crippen LogP contribution in [-0.2, 0) is 11.3 Å². The van der Waals surface area contributed by atoms with Crippen molar-refractivity contribution in [2.45, 2.75) is 33.4 Å². The highest BCUT2D eigenvalue weighted by Gasteiger charge is 2.17. The van der Waals surface area contributed by atoms with Gasteiger partial charge in [-0.05, 0) is 12.8 Å². The molecule has 0 spiro atoms. The Kier molecular flexibility index (Phi) is 3.85. The van der Waals surface area contributed by atoms with Gasteiger partial charge in [-0.3, -0.25) is 4.79 Å². The number of nitrogens with one attached hydrogen (secondary N) is 1. The Balaban J connectivity index is 2.44. The molecule has 1 aromatic heterocycles. The third-order valence-electron chi connectivity index (χ3n) is 2.30. The number of carbonyl (C=O) groups is 1. The summed E-state index contributed by atoms with van der Waals surface area (Å²) in [6.45, 7) is 5.98. The summed E-state index contributed by atoms with van der Waals surface area (Å²) in [6.07, 6.45) is 1.36. The van der Waals surface area contributed by atoms with Crippen molar-refractivity contribution in [2.24, 2.45) is 11.7 Å². The van der Waals surface area contributed by atoms with E-state index >= 15 is 0 Å². The quantitative estimate of drug-likeness (QED) is 0.763. The first-order chi connectivity index (χ1) is 7.02. The minimum atomic E-state index is -0.475. The molecular formula is C10H17N3O2. The molecule has 1 aromatic rings. The van der Waals surface area contributed by atoms with E-state index in [1.165, 1.54) is 6.39 Å². The van der Waals surface area contributed by atoms with Crippen LogP contribution in [0.25, 0.3) is 0 Å². The smallest absolute Gasteiger partial charge is 0.237 e. The molecule has 0 aliphatic rings. The van der Waals surface area contributed by atoms with Gasteiger partial charge in [0.05, 0.1) is 12.6 Å². The van der Waals surface area contributed by atoms with Gasteiger partial charge in [0.1, 0.15) is 11.5 Å². The third kappa shape index (κ3) is 3.06. The van der Waals surface area contributed by atoms with Gasteiger partial charge in [-0.1, -0.05) is 13.8 Å². The van der Waals surface area contributed by atoms with Crippen LogP contribution in [0.3, 0.4) is 0 Å². The minimum absolute atomic E-state index is 0.128. The van der Waals surface area contributed by atoms with Gasteiger partial charge in [0, 0.05) is 0 Å². The van der Waals surface area contributed by atoms with Gasteiger partial charge in [0.2, 0.25) is 5.91 Å². The molecule has 5 nitrogen and oxygen atoms in total. The molecular weight excluding hydrogens is 194 g/mol. The summed E-state index contributed by atoms with van der Waals surface area (Å²) in [4.78, 5) is 15.5. The summed E-state index contributed by atoms with van der Waals surface area (Å²) in [5.41, 5.74) is 6.42. The van der Waals surface area contributed by atoms with Crippen LogP contribution in [0, 0.1) is 12.8 Å². The number of amides is 1. The minimum Gasteiger partial charge on any atom is -0.448 e. The van der Waals surface area contributed by atoms with Crippen LogP contribution in [0.4, 0.5) is 0 Å². The topological polar surface area (TPSA) is 81.2 Å². The predicted molar refractivity (Wildman–Crippen MR) is 55.9 cm³/mol. The van der Waals surface area contributed by atoms with Crippen molar-refractivity contribution in [1.29, 1.82) is 0 Å². The predicted octanol–water partition coefficient (Wildman–Crippen LogP) is 0.583. The van der Waals surface area contributed by atoms with Crippen LogP contribution in [0.2, 0.25) is 0 Å². The molecule has 1 heterocycles. The van der Waals surface area contributed by atoms with Crippen LogP contribution >= 0.6 is 0 Å². The van der Waals surface area contributed by atoms with Crippen LogP contribution in [0.15, 0.2) is 10.8 Å².